The Hall–Kier alpha value is -2.03. The summed E-state index contributed by atoms with van der Waals surface area (Å²) in [6, 6.07) is 6.93. The Morgan fingerprint density at radius 1 is 1.33 bits per heavy atom. The standard InChI is InChI=1S/C18H12BrClFNO4S/c1-26-14-5-9(4-12(19)16(14)23)6-15-17(24)22(18(25)27-15)8-10-2-3-11(21)7-13(10)20/h2-7,23H,8H2,1H3/b15-6-. The Bertz CT molecular complexity index is 982. The molecular weight excluding hydrogens is 461 g/mol. The summed E-state index contributed by atoms with van der Waals surface area (Å²) in [6.07, 6.45) is 1.53. The molecule has 0 atom stereocenters. The molecule has 0 bridgehead atoms. The van der Waals surface area contributed by atoms with Gasteiger partial charge in [-0.2, -0.15) is 0 Å². The zero-order valence-corrected chi connectivity index (χ0v) is 17.0. The molecule has 1 heterocycles. The SMILES string of the molecule is COc1cc(/C=C2\SC(=O)N(Cc3ccc(F)cc3Cl)C2=O)cc(Br)c1O. The van der Waals surface area contributed by atoms with Gasteiger partial charge in [0.15, 0.2) is 11.5 Å². The summed E-state index contributed by atoms with van der Waals surface area (Å²) in [5.74, 6) is -0.806. The highest BCUT2D eigenvalue weighted by molar-refractivity contribution is 9.10. The number of imide groups is 1. The van der Waals surface area contributed by atoms with E-state index in [1.165, 1.54) is 25.3 Å². The molecule has 2 aromatic rings. The van der Waals surface area contributed by atoms with Crippen LogP contribution in [0.1, 0.15) is 11.1 Å². The Balaban J connectivity index is 1.87. The molecule has 2 amide bonds. The molecule has 1 N–H and O–H groups in total. The van der Waals surface area contributed by atoms with E-state index in [1.807, 2.05) is 0 Å². The normalized spacial score (nSPS) is 15.7. The molecule has 27 heavy (non-hydrogen) atoms. The second-order valence-corrected chi connectivity index (χ2v) is 7.81. The van der Waals surface area contributed by atoms with Gasteiger partial charge in [0, 0.05) is 5.02 Å². The summed E-state index contributed by atoms with van der Waals surface area (Å²) in [5, 5.41) is 9.56. The highest BCUT2D eigenvalue weighted by atomic mass is 79.9. The molecule has 1 aliphatic rings. The van der Waals surface area contributed by atoms with Crippen molar-refractivity contribution in [3.63, 3.8) is 0 Å². The molecule has 0 radical (unpaired) electrons. The van der Waals surface area contributed by atoms with E-state index in [2.05, 4.69) is 15.9 Å². The number of amides is 2. The van der Waals surface area contributed by atoms with Crippen LogP contribution in [0.5, 0.6) is 11.5 Å². The Labute approximate surface area is 171 Å². The minimum absolute atomic E-state index is 0.0519. The van der Waals surface area contributed by atoms with Crippen LogP contribution in [0.25, 0.3) is 6.08 Å². The maximum absolute atomic E-state index is 13.2. The second-order valence-electron chi connectivity index (χ2n) is 5.56. The van der Waals surface area contributed by atoms with Gasteiger partial charge in [-0.1, -0.05) is 17.7 Å². The van der Waals surface area contributed by atoms with Crippen molar-refractivity contribution < 1.29 is 23.8 Å². The highest BCUT2D eigenvalue weighted by Gasteiger charge is 2.35. The van der Waals surface area contributed by atoms with E-state index >= 15 is 0 Å². The van der Waals surface area contributed by atoms with Gasteiger partial charge in [0.1, 0.15) is 5.82 Å². The van der Waals surface area contributed by atoms with Crippen LogP contribution in [-0.2, 0) is 11.3 Å². The van der Waals surface area contributed by atoms with Gasteiger partial charge in [-0.15, -0.1) is 0 Å². The van der Waals surface area contributed by atoms with E-state index in [9.17, 15) is 19.1 Å². The van der Waals surface area contributed by atoms with Gasteiger partial charge in [-0.3, -0.25) is 14.5 Å². The maximum Gasteiger partial charge on any atom is 0.293 e. The molecule has 0 aromatic heterocycles. The van der Waals surface area contributed by atoms with Gasteiger partial charge in [0.25, 0.3) is 11.1 Å². The van der Waals surface area contributed by atoms with Crippen molar-refractivity contribution in [1.82, 2.24) is 4.90 Å². The summed E-state index contributed by atoms with van der Waals surface area (Å²) < 4.78 is 18.6. The molecule has 9 heteroatoms. The Morgan fingerprint density at radius 3 is 2.74 bits per heavy atom. The fourth-order valence-corrected chi connectivity index (χ4v) is 3.97. The second kappa shape index (κ2) is 7.92. The number of benzene rings is 2. The van der Waals surface area contributed by atoms with Gasteiger partial charge in [-0.25, -0.2) is 4.39 Å². The fourth-order valence-electron chi connectivity index (χ4n) is 2.44. The first kappa shape index (κ1) is 19.7. The number of hydrogen-bond acceptors (Lipinski definition) is 5. The lowest BCUT2D eigenvalue weighted by Gasteiger charge is -2.13. The average Bonchev–Trinajstić information content (AvgIpc) is 2.87. The van der Waals surface area contributed by atoms with Crippen LogP contribution < -0.4 is 4.74 Å². The highest BCUT2D eigenvalue weighted by Crippen LogP contribution is 2.38. The van der Waals surface area contributed by atoms with Gasteiger partial charge in [-0.05, 0) is 69.2 Å². The number of carbonyl (C=O) groups excluding carboxylic acids is 2. The first-order chi connectivity index (χ1) is 12.8. The van der Waals surface area contributed by atoms with Crippen molar-refractivity contribution >= 4 is 56.5 Å². The molecule has 1 aliphatic heterocycles. The van der Waals surface area contributed by atoms with Crippen LogP contribution in [0.4, 0.5) is 9.18 Å². The van der Waals surface area contributed by atoms with Gasteiger partial charge in [0.05, 0.1) is 23.0 Å². The van der Waals surface area contributed by atoms with Crippen molar-refractivity contribution in [3.8, 4) is 11.5 Å². The first-order valence-electron chi connectivity index (χ1n) is 7.56. The minimum Gasteiger partial charge on any atom is -0.503 e. The van der Waals surface area contributed by atoms with E-state index in [0.717, 1.165) is 22.7 Å². The van der Waals surface area contributed by atoms with Gasteiger partial charge >= 0.3 is 0 Å². The monoisotopic (exact) mass is 471 g/mol. The fraction of sp³-hybridized carbons (Fsp3) is 0.111. The number of aromatic hydroxyl groups is 1. The van der Waals surface area contributed by atoms with Crippen LogP contribution in [-0.4, -0.2) is 28.3 Å². The Morgan fingerprint density at radius 2 is 2.07 bits per heavy atom. The zero-order chi connectivity index (χ0) is 19.7. The molecule has 5 nitrogen and oxygen atoms in total. The molecule has 2 aromatic carbocycles. The van der Waals surface area contributed by atoms with E-state index in [0.29, 0.717) is 15.6 Å². The van der Waals surface area contributed by atoms with Crippen molar-refractivity contribution in [2.45, 2.75) is 6.54 Å². The average molecular weight is 473 g/mol. The van der Waals surface area contributed by atoms with E-state index in [1.54, 1.807) is 12.1 Å². The van der Waals surface area contributed by atoms with Crippen molar-refractivity contribution in [1.29, 1.82) is 0 Å². The van der Waals surface area contributed by atoms with Crippen LogP contribution in [0.15, 0.2) is 39.7 Å². The quantitative estimate of drug-likeness (QED) is 0.620. The summed E-state index contributed by atoms with van der Waals surface area (Å²) in [7, 11) is 1.41. The molecule has 1 fully saturated rings. The number of carbonyl (C=O) groups is 2. The topological polar surface area (TPSA) is 66.8 Å². The number of hydrogen-bond donors (Lipinski definition) is 1. The zero-order valence-electron chi connectivity index (χ0n) is 13.8. The van der Waals surface area contributed by atoms with Crippen LogP contribution >= 0.6 is 39.3 Å². The molecule has 0 unspecified atom stereocenters. The van der Waals surface area contributed by atoms with E-state index in [-0.39, 0.29) is 28.0 Å². The number of phenols is 1. The number of ether oxygens (including phenoxy) is 1. The number of phenolic OH excluding ortho intramolecular Hbond substituents is 1. The molecule has 3 rings (SSSR count). The third-order valence-electron chi connectivity index (χ3n) is 3.79. The molecule has 0 spiro atoms. The summed E-state index contributed by atoms with van der Waals surface area (Å²) in [4.78, 5) is 26.1. The van der Waals surface area contributed by atoms with Crippen LogP contribution in [0.3, 0.4) is 0 Å². The minimum atomic E-state index is -0.496. The lowest BCUT2D eigenvalue weighted by atomic mass is 10.1. The summed E-state index contributed by atoms with van der Waals surface area (Å²) >= 11 is 9.98. The van der Waals surface area contributed by atoms with E-state index in [4.69, 9.17) is 16.3 Å². The number of halogens is 3. The number of methoxy groups -OCH3 is 1. The van der Waals surface area contributed by atoms with E-state index < -0.39 is 17.0 Å². The smallest absolute Gasteiger partial charge is 0.293 e. The predicted octanol–water partition coefficient (Wildman–Crippen LogP) is 5.19. The van der Waals surface area contributed by atoms with Crippen molar-refractivity contribution in [2.24, 2.45) is 0 Å². The Kier molecular flexibility index (Phi) is 5.78. The predicted molar refractivity (Wildman–Crippen MR) is 105 cm³/mol. The summed E-state index contributed by atoms with van der Waals surface area (Å²) in [5.41, 5.74) is 1.04. The largest absolute Gasteiger partial charge is 0.503 e. The maximum atomic E-state index is 13.2. The first-order valence-corrected chi connectivity index (χ1v) is 9.54. The van der Waals surface area contributed by atoms with Crippen molar-refractivity contribution in [2.75, 3.05) is 7.11 Å². The number of thioether (sulfide) groups is 1. The molecule has 0 saturated carbocycles. The van der Waals surface area contributed by atoms with Gasteiger partial charge in [0.2, 0.25) is 0 Å². The third kappa shape index (κ3) is 4.12. The molecule has 0 aliphatic carbocycles. The van der Waals surface area contributed by atoms with Crippen LogP contribution in [0.2, 0.25) is 5.02 Å². The third-order valence-corrected chi connectivity index (χ3v) is 5.65. The summed E-state index contributed by atoms with van der Waals surface area (Å²) in [6.45, 7) is -0.0519. The van der Waals surface area contributed by atoms with Crippen molar-refractivity contribution in [3.05, 3.63) is 61.7 Å². The number of nitrogens with zero attached hydrogens (tertiary/aromatic N) is 1. The lowest BCUT2D eigenvalue weighted by molar-refractivity contribution is -0.123. The van der Waals surface area contributed by atoms with Gasteiger partial charge < -0.3 is 9.84 Å². The molecule has 140 valence electrons. The van der Waals surface area contributed by atoms with Crippen LogP contribution in [0, 0.1) is 5.82 Å². The molecule has 1 saturated heterocycles. The number of rotatable bonds is 4. The lowest BCUT2D eigenvalue weighted by Crippen LogP contribution is -2.27. The molecular formula is C18H12BrClFNO4S.